The van der Waals surface area contributed by atoms with Gasteiger partial charge < -0.3 is 14.5 Å². The summed E-state index contributed by atoms with van der Waals surface area (Å²) >= 11 is 0. The van der Waals surface area contributed by atoms with E-state index in [1.54, 1.807) is 0 Å². The molecule has 0 bridgehead atoms. The molecule has 0 unspecified atom stereocenters. The highest BCUT2D eigenvalue weighted by molar-refractivity contribution is 6.11. The van der Waals surface area contributed by atoms with Gasteiger partial charge in [0.25, 0.3) is 0 Å². The molecule has 5 nitrogen and oxygen atoms in total. The Morgan fingerprint density at radius 1 is 0.582 bits per heavy atom. The lowest BCUT2D eigenvalue weighted by Crippen LogP contribution is -2.23. The maximum atomic E-state index is 6.78. The molecular weight excluding hydrogens is 673 g/mol. The van der Waals surface area contributed by atoms with Crippen molar-refractivity contribution < 1.29 is 4.74 Å². The summed E-state index contributed by atoms with van der Waals surface area (Å²) in [5, 5.41) is 2.54. The minimum atomic E-state index is -0.0129. The van der Waals surface area contributed by atoms with Gasteiger partial charge in [0.05, 0.1) is 22.4 Å². The van der Waals surface area contributed by atoms with E-state index in [1.807, 2.05) is 6.20 Å². The monoisotopic (exact) mass is 726 g/mol. The van der Waals surface area contributed by atoms with E-state index in [0.29, 0.717) is 6.67 Å². The van der Waals surface area contributed by atoms with E-state index in [0.717, 1.165) is 41.4 Å². The molecule has 0 aliphatic carbocycles. The number of benzene rings is 5. The third-order valence-corrected chi connectivity index (χ3v) is 10.6. The van der Waals surface area contributed by atoms with Crippen LogP contribution in [0.1, 0.15) is 79.0 Å². The number of hydrogen-bond acceptors (Lipinski definition) is 4. The van der Waals surface area contributed by atoms with E-state index in [4.69, 9.17) is 9.72 Å². The van der Waals surface area contributed by atoms with Crippen molar-refractivity contribution in [1.29, 1.82) is 0 Å². The number of rotatable bonds is 7. The first-order valence-electron chi connectivity index (χ1n) is 19.7. The van der Waals surface area contributed by atoms with Crippen molar-refractivity contribution in [2.75, 3.05) is 16.5 Å². The molecule has 0 amide bonds. The number of ether oxygens (including phenoxy) is 1. The van der Waals surface area contributed by atoms with Gasteiger partial charge in [-0.1, -0.05) is 105 Å². The van der Waals surface area contributed by atoms with Crippen LogP contribution in [0.3, 0.4) is 0 Å². The molecule has 0 saturated heterocycles. The van der Waals surface area contributed by atoms with E-state index in [-0.39, 0.29) is 16.2 Å². The molecule has 0 saturated carbocycles. The van der Waals surface area contributed by atoms with Crippen molar-refractivity contribution in [3.05, 3.63) is 144 Å². The van der Waals surface area contributed by atoms with Crippen LogP contribution in [0.2, 0.25) is 0 Å². The standard InChI is InChI=1S/C50H54N4O/c1-48(2,3)31-34-22-25-44-47(41(34)32-49(4,5)6)40-24-23-39(30-45(40)54(44)46-28-35(26-27-51-46)50(7,8)9)55-38-19-15-18-37(29-38)53-33-52(36-16-11-10-12-17-36)42-20-13-14-21-43(42)53/h10-30H,31-33H2,1-9H3. The number of nitrogens with zero attached hydrogens (tertiary/aromatic N) is 4. The van der Waals surface area contributed by atoms with Crippen LogP contribution >= 0.6 is 0 Å². The summed E-state index contributed by atoms with van der Waals surface area (Å²) in [6, 6.07) is 43.4. The SMILES string of the molecule is CC(C)(C)Cc1ccc2c(c1CC(C)(C)C)c1ccc(Oc3cccc(N4CN(c5ccccc5)c5ccccc54)c3)cc1n2-c1cc(C(C)(C)C)ccn1. The molecule has 2 aromatic heterocycles. The summed E-state index contributed by atoms with van der Waals surface area (Å²) in [7, 11) is 0. The molecule has 280 valence electrons. The molecule has 5 heteroatoms. The quantitative estimate of drug-likeness (QED) is 0.164. The van der Waals surface area contributed by atoms with Crippen LogP contribution < -0.4 is 14.5 Å². The molecule has 0 spiro atoms. The summed E-state index contributed by atoms with van der Waals surface area (Å²) < 4.78 is 9.13. The summed E-state index contributed by atoms with van der Waals surface area (Å²) in [6.07, 6.45) is 3.95. The number of aromatic nitrogens is 2. The van der Waals surface area contributed by atoms with Gasteiger partial charge in [0.2, 0.25) is 0 Å². The van der Waals surface area contributed by atoms with Crippen LogP contribution in [-0.4, -0.2) is 16.2 Å². The Morgan fingerprint density at radius 2 is 1.24 bits per heavy atom. The summed E-state index contributed by atoms with van der Waals surface area (Å²) in [5.41, 5.74) is 11.3. The lowest BCUT2D eigenvalue weighted by Gasteiger charge is -2.25. The maximum absolute atomic E-state index is 6.78. The zero-order valence-corrected chi connectivity index (χ0v) is 33.9. The normalized spacial score (nSPS) is 13.5. The van der Waals surface area contributed by atoms with Gasteiger partial charge >= 0.3 is 0 Å². The lowest BCUT2D eigenvalue weighted by molar-refractivity contribution is 0.393. The minimum Gasteiger partial charge on any atom is -0.457 e. The van der Waals surface area contributed by atoms with Crippen molar-refractivity contribution in [3.63, 3.8) is 0 Å². The average molecular weight is 727 g/mol. The topological polar surface area (TPSA) is 33.5 Å². The Balaban J connectivity index is 1.24. The second-order valence-electron chi connectivity index (χ2n) is 18.7. The Labute approximate surface area is 327 Å². The smallest absolute Gasteiger partial charge is 0.137 e. The molecule has 0 atom stereocenters. The first-order chi connectivity index (χ1) is 26.1. The van der Waals surface area contributed by atoms with Gasteiger partial charge in [-0.15, -0.1) is 0 Å². The molecule has 0 N–H and O–H groups in total. The number of anilines is 4. The molecule has 0 radical (unpaired) electrons. The van der Waals surface area contributed by atoms with Gasteiger partial charge in [-0.05, 0) is 113 Å². The first kappa shape index (κ1) is 36.4. The minimum absolute atomic E-state index is 0.0129. The number of hydrogen-bond donors (Lipinski definition) is 0. The highest BCUT2D eigenvalue weighted by Gasteiger charge is 2.29. The summed E-state index contributed by atoms with van der Waals surface area (Å²) in [6.45, 7) is 21.6. The molecule has 1 aliphatic heterocycles. The zero-order valence-electron chi connectivity index (χ0n) is 33.9. The van der Waals surface area contributed by atoms with Crippen LogP contribution in [0, 0.1) is 10.8 Å². The van der Waals surface area contributed by atoms with Crippen LogP contribution in [0.5, 0.6) is 11.5 Å². The van der Waals surface area contributed by atoms with E-state index < -0.39 is 0 Å². The Morgan fingerprint density at radius 3 is 1.93 bits per heavy atom. The van der Waals surface area contributed by atoms with Crippen LogP contribution in [-0.2, 0) is 18.3 Å². The largest absolute Gasteiger partial charge is 0.457 e. The molecule has 0 fully saturated rings. The van der Waals surface area contributed by atoms with Crippen LogP contribution in [0.15, 0.2) is 128 Å². The van der Waals surface area contributed by atoms with Gasteiger partial charge in [0, 0.05) is 40.5 Å². The predicted molar refractivity (Wildman–Crippen MR) is 232 cm³/mol. The lowest BCUT2D eigenvalue weighted by atomic mass is 9.80. The second kappa shape index (κ2) is 13.6. The van der Waals surface area contributed by atoms with Crippen LogP contribution in [0.4, 0.5) is 22.7 Å². The molecule has 7 aromatic rings. The average Bonchev–Trinajstić information content (AvgIpc) is 3.68. The second-order valence-corrected chi connectivity index (χ2v) is 18.7. The van der Waals surface area contributed by atoms with E-state index >= 15 is 0 Å². The fraction of sp³-hybridized carbons (Fsp3) is 0.300. The molecule has 5 aromatic carbocycles. The van der Waals surface area contributed by atoms with Gasteiger partial charge in [-0.2, -0.15) is 0 Å². The molecule has 8 rings (SSSR count). The summed E-state index contributed by atoms with van der Waals surface area (Å²) in [5.74, 6) is 2.51. The summed E-state index contributed by atoms with van der Waals surface area (Å²) in [4.78, 5) is 9.73. The fourth-order valence-electron chi connectivity index (χ4n) is 8.10. The molecule has 1 aliphatic rings. The van der Waals surface area contributed by atoms with E-state index in [1.165, 1.54) is 50.0 Å². The first-order valence-corrected chi connectivity index (χ1v) is 19.7. The molecule has 3 heterocycles. The van der Waals surface area contributed by atoms with Gasteiger partial charge in [-0.3, -0.25) is 4.57 Å². The van der Waals surface area contributed by atoms with Crippen molar-refractivity contribution in [2.45, 2.75) is 80.6 Å². The molecule has 55 heavy (non-hydrogen) atoms. The van der Waals surface area contributed by atoms with Gasteiger partial charge in [-0.25, -0.2) is 4.98 Å². The number of fused-ring (bicyclic) bond motifs is 4. The predicted octanol–water partition coefficient (Wildman–Crippen LogP) is 13.7. The van der Waals surface area contributed by atoms with E-state index in [2.05, 4.69) is 198 Å². The van der Waals surface area contributed by atoms with Gasteiger partial charge in [0.15, 0.2) is 0 Å². The Hall–Kier alpha value is -5.55. The fourth-order valence-corrected chi connectivity index (χ4v) is 8.10. The Bertz CT molecular complexity index is 2510. The third-order valence-electron chi connectivity index (χ3n) is 10.6. The third kappa shape index (κ3) is 7.33. The highest BCUT2D eigenvalue weighted by atomic mass is 16.5. The van der Waals surface area contributed by atoms with Crippen molar-refractivity contribution >= 4 is 44.6 Å². The molecular formula is C50H54N4O. The van der Waals surface area contributed by atoms with E-state index in [9.17, 15) is 0 Å². The zero-order chi connectivity index (χ0) is 38.7. The maximum Gasteiger partial charge on any atom is 0.137 e. The van der Waals surface area contributed by atoms with Crippen molar-refractivity contribution in [2.24, 2.45) is 10.8 Å². The van der Waals surface area contributed by atoms with Gasteiger partial charge in [0.1, 0.15) is 24.0 Å². The van der Waals surface area contributed by atoms with Crippen LogP contribution in [0.25, 0.3) is 27.6 Å². The Kier molecular flexibility index (Phi) is 9.03. The number of para-hydroxylation sites is 3. The van der Waals surface area contributed by atoms with Crippen molar-refractivity contribution in [3.8, 4) is 17.3 Å². The van der Waals surface area contributed by atoms with Crippen molar-refractivity contribution in [1.82, 2.24) is 9.55 Å². The number of pyridine rings is 1. The highest BCUT2D eigenvalue weighted by Crippen LogP contribution is 2.45.